The molecule has 0 bridgehead atoms. The lowest BCUT2D eigenvalue weighted by Gasteiger charge is -2.11. The zero-order valence-electron chi connectivity index (χ0n) is 11.7. The second kappa shape index (κ2) is 7.24. The quantitative estimate of drug-likeness (QED) is 0.802. The number of nitriles is 1. The summed E-state index contributed by atoms with van der Waals surface area (Å²) >= 11 is 0. The van der Waals surface area contributed by atoms with Crippen LogP contribution < -0.4 is 9.47 Å². The highest BCUT2D eigenvalue weighted by molar-refractivity contribution is 5.91. The summed E-state index contributed by atoms with van der Waals surface area (Å²) in [5.41, 5.74) is 0.209. The first kappa shape index (κ1) is 15.6. The van der Waals surface area contributed by atoms with Gasteiger partial charge in [0.25, 0.3) is 0 Å². The van der Waals surface area contributed by atoms with Gasteiger partial charge < -0.3 is 19.3 Å². The van der Waals surface area contributed by atoms with Crippen molar-refractivity contribution in [2.45, 2.75) is 13.3 Å². The normalized spacial score (nSPS) is 11.3. The minimum atomic E-state index is -0.563. The number of rotatable bonds is 6. The van der Waals surface area contributed by atoms with E-state index in [1.807, 2.05) is 0 Å². The maximum atomic E-state index is 11.9. The van der Waals surface area contributed by atoms with Crippen molar-refractivity contribution in [2.75, 3.05) is 20.8 Å². The van der Waals surface area contributed by atoms with Crippen LogP contribution in [0.25, 0.3) is 0 Å². The van der Waals surface area contributed by atoms with Gasteiger partial charge in [-0.1, -0.05) is 0 Å². The molecule has 1 unspecified atom stereocenters. The van der Waals surface area contributed by atoms with E-state index in [9.17, 15) is 9.90 Å². The fraction of sp³-hybridized carbons (Fsp3) is 0.429. The molecule has 0 spiro atoms. The molecule has 6 heteroatoms. The van der Waals surface area contributed by atoms with Crippen molar-refractivity contribution in [3.05, 3.63) is 17.7 Å². The molecule has 1 rings (SSSR count). The van der Waals surface area contributed by atoms with E-state index in [1.165, 1.54) is 26.4 Å². The molecule has 0 fully saturated rings. The number of nitrogens with zero attached hydrogens (tertiary/aromatic N) is 1. The van der Waals surface area contributed by atoms with E-state index in [1.54, 1.807) is 6.92 Å². The summed E-state index contributed by atoms with van der Waals surface area (Å²) in [5.74, 6) is -0.661. The molecule has 108 valence electrons. The third-order valence-electron chi connectivity index (χ3n) is 2.72. The summed E-state index contributed by atoms with van der Waals surface area (Å²) in [6, 6.07) is 4.80. The lowest BCUT2D eigenvalue weighted by atomic mass is 10.1. The van der Waals surface area contributed by atoms with Crippen molar-refractivity contribution in [1.29, 1.82) is 5.26 Å². The van der Waals surface area contributed by atoms with Gasteiger partial charge in [-0.3, -0.25) is 0 Å². The molecule has 1 atom stereocenters. The van der Waals surface area contributed by atoms with E-state index in [0.29, 0.717) is 6.42 Å². The van der Waals surface area contributed by atoms with Gasteiger partial charge in [0, 0.05) is 5.92 Å². The number of hydrogen-bond donors (Lipinski definition) is 1. The van der Waals surface area contributed by atoms with Crippen molar-refractivity contribution in [3.63, 3.8) is 0 Å². The molecule has 0 radical (unpaired) electrons. The Bertz CT molecular complexity index is 496. The monoisotopic (exact) mass is 279 g/mol. The lowest BCUT2D eigenvalue weighted by Crippen LogP contribution is -2.09. The lowest BCUT2D eigenvalue weighted by molar-refractivity contribution is 0.0491. The zero-order chi connectivity index (χ0) is 15.1. The second-order valence-electron chi connectivity index (χ2n) is 4.18. The number of aromatic hydroxyl groups is 1. The smallest absolute Gasteiger partial charge is 0.338 e. The largest absolute Gasteiger partial charge is 0.502 e. The van der Waals surface area contributed by atoms with Crippen molar-refractivity contribution in [2.24, 2.45) is 5.92 Å². The molecule has 0 aromatic heterocycles. The van der Waals surface area contributed by atoms with Crippen molar-refractivity contribution < 1.29 is 24.1 Å². The molecule has 0 aliphatic heterocycles. The number of ether oxygens (including phenoxy) is 3. The highest BCUT2D eigenvalue weighted by atomic mass is 16.5. The maximum absolute atomic E-state index is 11.9. The molecule has 1 aromatic carbocycles. The van der Waals surface area contributed by atoms with Crippen LogP contribution in [-0.4, -0.2) is 31.9 Å². The fourth-order valence-corrected chi connectivity index (χ4v) is 1.49. The van der Waals surface area contributed by atoms with E-state index < -0.39 is 5.97 Å². The number of methoxy groups -OCH3 is 2. The predicted molar refractivity (Wildman–Crippen MR) is 70.9 cm³/mol. The molecule has 6 nitrogen and oxygen atoms in total. The summed E-state index contributed by atoms with van der Waals surface area (Å²) < 4.78 is 15.0. The summed E-state index contributed by atoms with van der Waals surface area (Å²) in [6.07, 6.45) is 0.467. The van der Waals surface area contributed by atoms with Gasteiger partial charge in [0.05, 0.1) is 32.5 Å². The third kappa shape index (κ3) is 3.79. The molecular weight excluding hydrogens is 262 g/mol. The van der Waals surface area contributed by atoms with Crippen LogP contribution in [0.15, 0.2) is 12.1 Å². The Morgan fingerprint density at radius 1 is 1.35 bits per heavy atom. The van der Waals surface area contributed by atoms with Crippen molar-refractivity contribution in [3.8, 4) is 23.3 Å². The number of phenols is 1. The van der Waals surface area contributed by atoms with E-state index in [4.69, 9.17) is 19.5 Å². The summed E-state index contributed by atoms with van der Waals surface area (Å²) in [6.45, 7) is 1.90. The van der Waals surface area contributed by atoms with Gasteiger partial charge in [-0.05, 0) is 25.5 Å². The number of hydrogen-bond acceptors (Lipinski definition) is 6. The first-order valence-corrected chi connectivity index (χ1v) is 6.05. The summed E-state index contributed by atoms with van der Waals surface area (Å²) in [5, 5.41) is 18.4. The van der Waals surface area contributed by atoms with Gasteiger partial charge in [0.2, 0.25) is 5.75 Å². The predicted octanol–water partition coefficient (Wildman–Crippen LogP) is 2.12. The fourth-order valence-electron chi connectivity index (χ4n) is 1.49. The number of carbonyl (C=O) groups excluding carboxylic acids is 1. The highest BCUT2D eigenvalue weighted by Gasteiger charge is 2.16. The molecule has 0 aliphatic carbocycles. The van der Waals surface area contributed by atoms with Gasteiger partial charge in [0.1, 0.15) is 0 Å². The highest BCUT2D eigenvalue weighted by Crippen LogP contribution is 2.37. The molecule has 0 amide bonds. The third-order valence-corrected chi connectivity index (χ3v) is 2.72. The first-order chi connectivity index (χ1) is 9.53. The van der Waals surface area contributed by atoms with Crippen LogP contribution in [0.1, 0.15) is 23.7 Å². The molecule has 0 saturated carbocycles. The first-order valence-electron chi connectivity index (χ1n) is 6.05. The minimum absolute atomic E-state index is 0.127. The Labute approximate surface area is 117 Å². The summed E-state index contributed by atoms with van der Waals surface area (Å²) in [4.78, 5) is 11.9. The molecule has 0 aliphatic rings. The van der Waals surface area contributed by atoms with Crippen LogP contribution in [0.2, 0.25) is 0 Å². The summed E-state index contributed by atoms with van der Waals surface area (Å²) in [7, 11) is 2.75. The van der Waals surface area contributed by atoms with Crippen LogP contribution in [0, 0.1) is 17.2 Å². The van der Waals surface area contributed by atoms with Gasteiger partial charge in [-0.15, -0.1) is 0 Å². The van der Waals surface area contributed by atoms with E-state index in [2.05, 4.69) is 6.07 Å². The van der Waals surface area contributed by atoms with Crippen molar-refractivity contribution in [1.82, 2.24) is 0 Å². The molecule has 20 heavy (non-hydrogen) atoms. The van der Waals surface area contributed by atoms with Crippen LogP contribution in [0.5, 0.6) is 17.2 Å². The Morgan fingerprint density at radius 3 is 2.35 bits per heavy atom. The number of benzene rings is 1. The standard InChI is InChI=1S/C14H17NO5/c1-9(8-15)4-5-20-14(17)10-6-11(18-2)13(16)12(7-10)19-3/h6-7,9,16H,4-5H2,1-3H3. The minimum Gasteiger partial charge on any atom is -0.502 e. The van der Waals surface area contributed by atoms with E-state index >= 15 is 0 Å². The van der Waals surface area contributed by atoms with E-state index in [0.717, 1.165) is 0 Å². The SMILES string of the molecule is COc1cc(C(=O)OCCC(C)C#N)cc(OC)c1O. The number of phenolic OH excluding ortho intramolecular Hbond substituents is 1. The molecule has 1 N–H and O–H groups in total. The Kier molecular flexibility index (Phi) is 5.66. The Morgan fingerprint density at radius 2 is 1.90 bits per heavy atom. The van der Waals surface area contributed by atoms with Gasteiger partial charge in [-0.25, -0.2) is 4.79 Å². The van der Waals surface area contributed by atoms with Crippen LogP contribution in [0.4, 0.5) is 0 Å². The Balaban J connectivity index is 2.80. The average Bonchev–Trinajstić information content (AvgIpc) is 2.46. The maximum Gasteiger partial charge on any atom is 0.338 e. The zero-order valence-corrected chi connectivity index (χ0v) is 11.7. The topological polar surface area (TPSA) is 88.8 Å². The van der Waals surface area contributed by atoms with Crippen molar-refractivity contribution >= 4 is 5.97 Å². The molecule has 1 aromatic rings. The van der Waals surface area contributed by atoms with Gasteiger partial charge in [-0.2, -0.15) is 5.26 Å². The molecular formula is C14H17NO5. The number of carbonyl (C=O) groups is 1. The van der Waals surface area contributed by atoms with Crippen LogP contribution in [-0.2, 0) is 4.74 Å². The van der Waals surface area contributed by atoms with Crippen LogP contribution in [0.3, 0.4) is 0 Å². The average molecular weight is 279 g/mol. The van der Waals surface area contributed by atoms with E-state index in [-0.39, 0.29) is 35.3 Å². The van der Waals surface area contributed by atoms with Gasteiger partial charge >= 0.3 is 5.97 Å². The van der Waals surface area contributed by atoms with Gasteiger partial charge in [0.15, 0.2) is 11.5 Å². The molecule has 0 heterocycles. The van der Waals surface area contributed by atoms with Crippen LogP contribution >= 0.6 is 0 Å². The number of esters is 1. The Hall–Kier alpha value is -2.42. The molecule has 0 saturated heterocycles. The second-order valence-corrected chi connectivity index (χ2v) is 4.18.